The van der Waals surface area contributed by atoms with Crippen LogP contribution in [0.3, 0.4) is 0 Å². The van der Waals surface area contributed by atoms with Gasteiger partial charge in [0, 0.05) is 17.3 Å². The Morgan fingerprint density at radius 2 is 2.10 bits per heavy atom. The Labute approximate surface area is 123 Å². The van der Waals surface area contributed by atoms with Crippen LogP contribution in [0.2, 0.25) is 0 Å². The first-order chi connectivity index (χ1) is 9.90. The molecule has 0 amide bonds. The zero-order chi connectivity index (χ0) is 13.4. The average molecular weight is 288 g/mol. The number of benzene rings is 1. The quantitative estimate of drug-likeness (QED) is 0.794. The third-order valence-electron chi connectivity index (χ3n) is 4.41. The van der Waals surface area contributed by atoms with E-state index in [-0.39, 0.29) is 6.17 Å². The molecule has 0 spiro atoms. The highest BCUT2D eigenvalue weighted by Crippen LogP contribution is 2.32. The van der Waals surface area contributed by atoms with E-state index in [1.54, 1.807) is 11.3 Å². The molecule has 20 heavy (non-hydrogen) atoms. The topological polar surface area (TPSA) is 49.0 Å². The van der Waals surface area contributed by atoms with E-state index in [0.717, 1.165) is 12.2 Å². The highest BCUT2D eigenvalue weighted by Gasteiger charge is 2.24. The molecular formula is C15H20N4S. The van der Waals surface area contributed by atoms with Gasteiger partial charge in [0.05, 0.1) is 28.6 Å². The zero-order valence-electron chi connectivity index (χ0n) is 11.5. The first-order valence-electron chi connectivity index (χ1n) is 7.50. The van der Waals surface area contributed by atoms with Crippen molar-refractivity contribution < 1.29 is 0 Å². The van der Waals surface area contributed by atoms with Crippen molar-refractivity contribution >= 4 is 27.2 Å². The molecule has 0 bridgehead atoms. The fourth-order valence-corrected chi connectivity index (χ4v) is 4.03. The molecule has 5 heteroatoms. The van der Waals surface area contributed by atoms with E-state index in [0.29, 0.717) is 6.04 Å². The molecule has 1 aromatic carbocycles. The summed E-state index contributed by atoms with van der Waals surface area (Å²) in [6.45, 7) is 0.813. The molecule has 1 aromatic heterocycles. The number of nitrogens with zero attached hydrogens (tertiary/aromatic N) is 1. The van der Waals surface area contributed by atoms with Gasteiger partial charge in [-0.3, -0.25) is 10.6 Å². The van der Waals surface area contributed by atoms with Gasteiger partial charge in [-0.25, -0.2) is 4.98 Å². The van der Waals surface area contributed by atoms with E-state index in [2.05, 4.69) is 33.1 Å². The lowest BCUT2D eigenvalue weighted by Gasteiger charge is -2.33. The Bertz CT molecular complexity index is 603. The fourth-order valence-electron chi connectivity index (χ4n) is 3.32. The van der Waals surface area contributed by atoms with Crippen LogP contribution in [-0.2, 0) is 0 Å². The van der Waals surface area contributed by atoms with Crippen LogP contribution in [0.25, 0.3) is 10.2 Å². The molecule has 1 atom stereocenters. The monoisotopic (exact) mass is 288 g/mol. The van der Waals surface area contributed by atoms with E-state index < -0.39 is 0 Å². The van der Waals surface area contributed by atoms with Crippen molar-refractivity contribution in [2.45, 2.75) is 44.3 Å². The lowest BCUT2D eigenvalue weighted by Crippen LogP contribution is -2.45. The van der Waals surface area contributed by atoms with Crippen molar-refractivity contribution in [2.75, 3.05) is 12.0 Å². The van der Waals surface area contributed by atoms with Gasteiger partial charge in [-0.15, -0.1) is 11.3 Å². The van der Waals surface area contributed by atoms with E-state index in [9.17, 15) is 0 Å². The van der Waals surface area contributed by atoms with Gasteiger partial charge >= 0.3 is 0 Å². The highest BCUT2D eigenvalue weighted by molar-refractivity contribution is 7.16. The number of aromatic nitrogens is 1. The van der Waals surface area contributed by atoms with E-state index in [1.807, 2.05) is 5.51 Å². The molecule has 0 saturated heterocycles. The number of fused-ring (bicyclic) bond motifs is 2. The van der Waals surface area contributed by atoms with Crippen LogP contribution < -0.4 is 16.0 Å². The van der Waals surface area contributed by atoms with Gasteiger partial charge in [0.1, 0.15) is 0 Å². The summed E-state index contributed by atoms with van der Waals surface area (Å²) in [5.74, 6) is 0. The van der Waals surface area contributed by atoms with Crippen molar-refractivity contribution in [1.29, 1.82) is 0 Å². The minimum absolute atomic E-state index is 0.265. The molecular weight excluding hydrogens is 268 g/mol. The van der Waals surface area contributed by atoms with Crippen LogP contribution in [0.1, 0.15) is 43.8 Å². The molecule has 3 N–H and O–H groups in total. The maximum absolute atomic E-state index is 4.41. The lowest BCUT2D eigenvalue weighted by molar-refractivity contribution is 0.311. The normalized spacial score (nSPS) is 23.5. The smallest absolute Gasteiger partial charge is 0.0871 e. The third kappa shape index (κ3) is 2.30. The summed E-state index contributed by atoms with van der Waals surface area (Å²) >= 11 is 1.71. The van der Waals surface area contributed by atoms with E-state index in [1.165, 1.54) is 48.1 Å². The summed E-state index contributed by atoms with van der Waals surface area (Å²) < 4.78 is 1.27. The standard InChI is InChI=1S/C15H20N4S/c1-2-4-10(5-3-1)19-15-11-6-14-13(18-9-20-14)7-12(11)16-8-17-15/h6-7,9-10,15-17,19H,1-5,8H2. The van der Waals surface area contributed by atoms with Crippen molar-refractivity contribution in [3.05, 3.63) is 23.2 Å². The Balaban J connectivity index is 1.62. The highest BCUT2D eigenvalue weighted by atomic mass is 32.1. The van der Waals surface area contributed by atoms with Gasteiger partial charge in [0.25, 0.3) is 0 Å². The van der Waals surface area contributed by atoms with Crippen molar-refractivity contribution in [3.63, 3.8) is 0 Å². The second-order valence-corrected chi connectivity index (χ2v) is 6.64. The molecule has 1 fully saturated rings. The SMILES string of the molecule is c1nc2cc3c(cc2s1)C(NC1CCCCC1)NCN3. The molecule has 1 unspecified atom stereocenters. The van der Waals surface area contributed by atoms with Crippen LogP contribution in [0.4, 0.5) is 5.69 Å². The van der Waals surface area contributed by atoms with Gasteiger partial charge in [0.15, 0.2) is 0 Å². The molecule has 1 aliphatic heterocycles. The Hall–Kier alpha value is -1.17. The number of nitrogens with one attached hydrogen (secondary N) is 3. The summed E-state index contributed by atoms with van der Waals surface area (Å²) in [7, 11) is 0. The van der Waals surface area contributed by atoms with Gasteiger partial charge in [-0.05, 0) is 25.0 Å². The van der Waals surface area contributed by atoms with E-state index >= 15 is 0 Å². The third-order valence-corrected chi connectivity index (χ3v) is 5.20. The molecule has 0 radical (unpaired) electrons. The largest absolute Gasteiger partial charge is 0.372 e. The van der Waals surface area contributed by atoms with Crippen LogP contribution in [-0.4, -0.2) is 17.7 Å². The molecule has 1 saturated carbocycles. The Morgan fingerprint density at radius 1 is 1.20 bits per heavy atom. The number of anilines is 1. The number of thiazole rings is 1. The van der Waals surface area contributed by atoms with Gasteiger partial charge in [-0.2, -0.15) is 0 Å². The summed E-state index contributed by atoms with van der Waals surface area (Å²) in [6, 6.07) is 5.11. The summed E-state index contributed by atoms with van der Waals surface area (Å²) in [4.78, 5) is 4.41. The zero-order valence-corrected chi connectivity index (χ0v) is 12.3. The minimum Gasteiger partial charge on any atom is -0.372 e. The van der Waals surface area contributed by atoms with Gasteiger partial charge in [-0.1, -0.05) is 19.3 Å². The number of hydrogen-bond donors (Lipinski definition) is 3. The molecule has 4 nitrogen and oxygen atoms in total. The second kappa shape index (κ2) is 5.31. The lowest BCUT2D eigenvalue weighted by atomic mass is 9.94. The van der Waals surface area contributed by atoms with Gasteiger partial charge < -0.3 is 5.32 Å². The van der Waals surface area contributed by atoms with Crippen molar-refractivity contribution in [3.8, 4) is 0 Å². The first kappa shape index (κ1) is 12.6. The van der Waals surface area contributed by atoms with Crippen LogP contribution in [0, 0.1) is 0 Å². The average Bonchev–Trinajstić information content (AvgIpc) is 2.94. The molecule has 4 rings (SSSR count). The Kier molecular flexibility index (Phi) is 3.34. The fraction of sp³-hybridized carbons (Fsp3) is 0.533. The summed E-state index contributed by atoms with van der Waals surface area (Å²) in [5, 5.41) is 10.8. The number of rotatable bonds is 2. The van der Waals surface area contributed by atoms with Crippen molar-refractivity contribution in [2.24, 2.45) is 0 Å². The predicted molar refractivity (Wildman–Crippen MR) is 84.0 cm³/mol. The predicted octanol–water partition coefficient (Wildman–Crippen LogP) is 3.19. The first-order valence-corrected chi connectivity index (χ1v) is 8.38. The van der Waals surface area contributed by atoms with Crippen molar-refractivity contribution in [1.82, 2.24) is 15.6 Å². The van der Waals surface area contributed by atoms with Gasteiger partial charge in [0.2, 0.25) is 0 Å². The molecule has 106 valence electrons. The summed E-state index contributed by atoms with van der Waals surface area (Å²) in [6.07, 6.45) is 7.01. The summed E-state index contributed by atoms with van der Waals surface area (Å²) in [5.41, 5.74) is 5.57. The molecule has 1 aliphatic carbocycles. The van der Waals surface area contributed by atoms with Crippen LogP contribution in [0.5, 0.6) is 0 Å². The molecule has 2 heterocycles. The maximum Gasteiger partial charge on any atom is 0.0871 e. The molecule has 2 aromatic rings. The Morgan fingerprint density at radius 3 is 3.00 bits per heavy atom. The van der Waals surface area contributed by atoms with Crippen LogP contribution in [0.15, 0.2) is 17.6 Å². The maximum atomic E-state index is 4.41. The number of hydrogen-bond acceptors (Lipinski definition) is 5. The minimum atomic E-state index is 0.265. The second-order valence-electron chi connectivity index (χ2n) is 5.75. The van der Waals surface area contributed by atoms with E-state index in [4.69, 9.17) is 0 Å². The van der Waals surface area contributed by atoms with Crippen LogP contribution >= 0.6 is 11.3 Å². The molecule has 2 aliphatic rings.